The predicted octanol–water partition coefficient (Wildman–Crippen LogP) is 3.90. The quantitative estimate of drug-likeness (QED) is 0.392. The molecule has 0 aliphatic heterocycles. The number of para-hydroxylation sites is 1. The molecule has 1 aromatic carbocycles. The Balaban J connectivity index is 3.11. The second-order valence-corrected chi connectivity index (χ2v) is 5.26. The normalized spacial score (nSPS) is 11.8. The molecule has 1 rings (SSSR count). The van der Waals surface area contributed by atoms with E-state index >= 15 is 0 Å². The van der Waals surface area contributed by atoms with Crippen LogP contribution in [0.2, 0.25) is 0 Å². The van der Waals surface area contributed by atoms with Crippen molar-refractivity contribution in [1.82, 2.24) is 0 Å². The van der Waals surface area contributed by atoms with Crippen LogP contribution in [0.3, 0.4) is 0 Å². The largest absolute Gasteiger partial charge is 0.487 e. The van der Waals surface area contributed by atoms with Crippen molar-refractivity contribution in [3.63, 3.8) is 0 Å². The first-order chi connectivity index (χ1) is 10.5. The Kier molecular flexibility index (Phi) is 7.99. The molecular formula is C17H24ClNO3. The number of hydrogen-bond acceptors (Lipinski definition) is 3. The Morgan fingerprint density at radius 2 is 2.23 bits per heavy atom. The van der Waals surface area contributed by atoms with Gasteiger partial charge in [0.25, 0.3) is 0 Å². The molecule has 0 aliphatic carbocycles. The second-order valence-electron chi connectivity index (χ2n) is 4.99. The minimum Gasteiger partial charge on any atom is -0.487 e. The zero-order chi connectivity index (χ0) is 16.5. The fourth-order valence-corrected chi connectivity index (χ4v) is 2.04. The number of aryl methyl sites for hydroxylation is 1. The number of amides is 1. The fraction of sp³-hybridized carbons (Fsp3) is 0.471. The SMILES string of the molecule is C=CCOc1cccc(C)c1N(COC(C)CC)C(=O)CCl. The topological polar surface area (TPSA) is 38.8 Å². The number of nitrogens with zero attached hydrogens (tertiary/aromatic N) is 1. The molecule has 0 saturated carbocycles. The summed E-state index contributed by atoms with van der Waals surface area (Å²) in [6.07, 6.45) is 2.60. The van der Waals surface area contributed by atoms with Crippen molar-refractivity contribution in [2.75, 3.05) is 24.1 Å². The van der Waals surface area contributed by atoms with Gasteiger partial charge in [0, 0.05) is 0 Å². The summed E-state index contributed by atoms with van der Waals surface area (Å²) < 4.78 is 11.4. The lowest BCUT2D eigenvalue weighted by molar-refractivity contribution is -0.117. The molecule has 0 radical (unpaired) electrons. The van der Waals surface area contributed by atoms with E-state index in [9.17, 15) is 4.79 Å². The molecule has 122 valence electrons. The number of alkyl halides is 1. The zero-order valence-electron chi connectivity index (χ0n) is 13.5. The second kappa shape index (κ2) is 9.49. The Bertz CT molecular complexity index is 505. The number of benzene rings is 1. The van der Waals surface area contributed by atoms with Crippen LogP contribution >= 0.6 is 11.6 Å². The maximum absolute atomic E-state index is 12.2. The van der Waals surface area contributed by atoms with E-state index in [1.807, 2.05) is 39.0 Å². The van der Waals surface area contributed by atoms with Crippen molar-refractivity contribution in [2.45, 2.75) is 33.3 Å². The highest BCUT2D eigenvalue weighted by molar-refractivity contribution is 6.29. The molecule has 1 unspecified atom stereocenters. The predicted molar refractivity (Wildman–Crippen MR) is 90.8 cm³/mol. The smallest absolute Gasteiger partial charge is 0.243 e. The molecule has 4 nitrogen and oxygen atoms in total. The summed E-state index contributed by atoms with van der Waals surface area (Å²) >= 11 is 5.75. The number of rotatable bonds is 9. The molecule has 0 aromatic heterocycles. The summed E-state index contributed by atoms with van der Waals surface area (Å²) in [6, 6.07) is 5.63. The third-order valence-corrected chi connectivity index (χ3v) is 3.53. The molecule has 0 aliphatic rings. The lowest BCUT2D eigenvalue weighted by Gasteiger charge is -2.27. The highest BCUT2D eigenvalue weighted by Crippen LogP contribution is 2.32. The molecule has 0 saturated heterocycles. The van der Waals surface area contributed by atoms with Gasteiger partial charge in [-0.05, 0) is 31.9 Å². The first-order valence-electron chi connectivity index (χ1n) is 7.36. The van der Waals surface area contributed by atoms with Crippen LogP contribution in [0, 0.1) is 6.92 Å². The molecule has 0 fully saturated rings. The molecule has 1 amide bonds. The van der Waals surface area contributed by atoms with Gasteiger partial charge in [-0.2, -0.15) is 0 Å². The molecule has 0 bridgehead atoms. The fourth-order valence-electron chi connectivity index (χ4n) is 1.90. The number of halogens is 1. The van der Waals surface area contributed by atoms with Gasteiger partial charge in [-0.1, -0.05) is 31.7 Å². The van der Waals surface area contributed by atoms with Gasteiger partial charge in [-0.15, -0.1) is 11.6 Å². The van der Waals surface area contributed by atoms with Crippen molar-refractivity contribution in [3.8, 4) is 5.75 Å². The lowest BCUT2D eigenvalue weighted by Crippen LogP contribution is -2.36. The van der Waals surface area contributed by atoms with Crippen LogP contribution in [0.25, 0.3) is 0 Å². The standard InChI is InChI=1S/C17H24ClNO3/c1-5-10-21-15-9-7-8-13(3)17(15)19(16(20)11-18)12-22-14(4)6-2/h5,7-9,14H,1,6,10-12H2,2-4H3. The van der Waals surface area contributed by atoms with Crippen LogP contribution in [0.5, 0.6) is 5.75 Å². The minimum atomic E-state index is -0.220. The van der Waals surface area contributed by atoms with Crippen LogP contribution in [-0.4, -0.2) is 31.2 Å². The molecule has 1 atom stereocenters. The van der Waals surface area contributed by atoms with Crippen molar-refractivity contribution < 1.29 is 14.3 Å². The summed E-state index contributed by atoms with van der Waals surface area (Å²) in [7, 11) is 0. The Hall–Kier alpha value is -1.52. The summed E-state index contributed by atoms with van der Waals surface area (Å²) in [5.74, 6) is 0.285. The molecule has 1 aromatic rings. The van der Waals surface area contributed by atoms with Crippen LogP contribution in [0.15, 0.2) is 30.9 Å². The highest BCUT2D eigenvalue weighted by Gasteiger charge is 2.21. The Morgan fingerprint density at radius 3 is 2.82 bits per heavy atom. The van der Waals surface area contributed by atoms with Gasteiger partial charge >= 0.3 is 0 Å². The van der Waals surface area contributed by atoms with Crippen molar-refractivity contribution >= 4 is 23.2 Å². The van der Waals surface area contributed by atoms with Gasteiger partial charge in [0.1, 0.15) is 25.0 Å². The van der Waals surface area contributed by atoms with Crippen LogP contribution in [0.1, 0.15) is 25.8 Å². The van der Waals surface area contributed by atoms with Crippen LogP contribution in [-0.2, 0) is 9.53 Å². The van der Waals surface area contributed by atoms with E-state index in [0.29, 0.717) is 18.0 Å². The van der Waals surface area contributed by atoms with Crippen LogP contribution in [0.4, 0.5) is 5.69 Å². The Morgan fingerprint density at radius 1 is 1.50 bits per heavy atom. The van der Waals surface area contributed by atoms with E-state index in [2.05, 4.69) is 6.58 Å². The van der Waals surface area contributed by atoms with Gasteiger partial charge in [0.15, 0.2) is 0 Å². The van der Waals surface area contributed by atoms with E-state index in [1.165, 1.54) is 4.90 Å². The lowest BCUT2D eigenvalue weighted by atomic mass is 10.1. The van der Waals surface area contributed by atoms with Gasteiger partial charge in [-0.3, -0.25) is 9.69 Å². The van der Waals surface area contributed by atoms with Crippen molar-refractivity contribution in [2.24, 2.45) is 0 Å². The van der Waals surface area contributed by atoms with Gasteiger partial charge in [-0.25, -0.2) is 0 Å². The molecule has 22 heavy (non-hydrogen) atoms. The summed E-state index contributed by atoms with van der Waals surface area (Å²) in [5.41, 5.74) is 1.62. The summed E-state index contributed by atoms with van der Waals surface area (Å²) in [5, 5.41) is 0. The zero-order valence-corrected chi connectivity index (χ0v) is 14.2. The molecule has 0 spiro atoms. The monoisotopic (exact) mass is 325 g/mol. The maximum Gasteiger partial charge on any atom is 0.243 e. The van der Waals surface area contributed by atoms with Crippen molar-refractivity contribution in [1.29, 1.82) is 0 Å². The molecule has 0 heterocycles. The van der Waals surface area contributed by atoms with E-state index in [4.69, 9.17) is 21.1 Å². The van der Waals surface area contributed by atoms with Gasteiger partial charge < -0.3 is 9.47 Å². The number of anilines is 1. The average Bonchev–Trinajstić information content (AvgIpc) is 2.53. The van der Waals surface area contributed by atoms with E-state index in [-0.39, 0.29) is 24.6 Å². The van der Waals surface area contributed by atoms with E-state index in [1.54, 1.807) is 6.08 Å². The van der Waals surface area contributed by atoms with Gasteiger partial charge in [0.05, 0.1) is 11.8 Å². The third kappa shape index (κ3) is 5.04. The van der Waals surface area contributed by atoms with E-state index in [0.717, 1.165) is 12.0 Å². The highest BCUT2D eigenvalue weighted by atomic mass is 35.5. The number of hydrogen-bond donors (Lipinski definition) is 0. The van der Waals surface area contributed by atoms with E-state index < -0.39 is 0 Å². The third-order valence-electron chi connectivity index (χ3n) is 3.31. The maximum atomic E-state index is 12.2. The first-order valence-corrected chi connectivity index (χ1v) is 7.89. The number of carbonyl (C=O) groups excluding carboxylic acids is 1. The number of ether oxygens (including phenoxy) is 2. The average molecular weight is 326 g/mol. The summed E-state index contributed by atoms with van der Waals surface area (Å²) in [4.78, 5) is 13.8. The Labute approximate surface area is 137 Å². The first kappa shape index (κ1) is 18.5. The van der Waals surface area contributed by atoms with Crippen LogP contribution < -0.4 is 9.64 Å². The van der Waals surface area contributed by atoms with Gasteiger partial charge in [0.2, 0.25) is 5.91 Å². The minimum absolute atomic E-state index is 0.0622. The van der Waals surface area contributed by atoms with Crippen molar-refractivity contribution in [3.05, 3.63) is 36.4 Å². The summed E-state index contributed by atoms with van der Waals surface area (Å²) in [6.45, 7) is 10.1. The molecule has 0 N–H and O–H groups in total. The molecular weight excluding hydrogens is 302 g/mol. The molecule has 5 heteroatoms. The number of carbonyl (C=O) groups is 1.